The van der Waals surface area contributed by atoms with Crippen molar-refractivity contribution in [3.8, 4) is 16.9 Å². The molecule has 0 unspecified atom stereocenters. The molecule has 0 amide bonds. The Hall–Kier alpha value is -2.04. The van der Waals surface area contributed by atoms with Gasteiger partial charge in [0.25, 0.3) is 6.43 Å². The van der Waals surface area contributed by atoms with E-state index in [1.165, 1.54) is 31.4 Å². The lowest BCUT2D eigenvalue weighted by molar-refractivity contribution is 0.146. The quantitative estimate of drug-likeness (QED) is 0.742. The van der Waals surface area contributed by atoms with Gasteiger partial charge in [-0.3, -0.25) is 0 Å². The van der Waals surface area contributed by atoms with Crippen LogP contribution in [0.4, 0.5) is 17.6 Å². The summed E-state index contributed by atoms with van der Waals surface area (Å²) < 4.78 is 56.9. The second kappa shape index (κ2) is 5.30. The molecule has 0 aromatic heterocycles. The fourth-order valence-corrected chi connectivity index (χ4v) is 1.72. The van der Waals surface area contributed by atoms with Gasteiger partial charge in [-0.1, -0.05) is 6.07 Å². The van der Waals surface area contributed by atoms with Crippen molar-refractivity contribution in [3.05, 3.63) is 53.6 Å². The minimum absolute atomic E-state index is 0.0964. The summed E-state index contributed by atoms with van der Waals surface area (Å²) in [5.41, 5.74) is -0.426. The minimum atomic E-state index is -2.90. The zero-order valence-corrected chi connectivity index (χ0v) is 9.96. The maximum atomic E-state index is 13.7. The predicted octanol–water partition coefficient (Wildman–Crippen LogP) is 4.58. The number of hydrogen-bond donors (Lipinski definition) is 0. The molecule has 2 rings (SSSR count). The molecule has 0 saturated heterocycles. The molecule has 0 N–H and O–H groups in total. The van der Waals surface area contributed by atoms with Crippen LogP contribution in [0.15, 0.2) is 36.4 Å². The Morgan fingerprint density at radius 3 is 2.26 bits per heavy atom. The molecule has 2 aromatic rings. The normalized spacial score (nSPS) is 10.8. The van der Waals surface area contributed by atoms with Crippen molar-refractivity contribution in [2.75, 3.05) is 7.11 Å². The van der Waals surface area contributed by atoms with Gasteiger partial charge in [0.1, 0.15) is 17.4 Å². The van der Waals surface area contributed by atoms with Crippen LogP contribution in [-0.2, 0) is 0 Å². The van der Waals surface area contributed by atoms with Gasteiger partial charge in [-0.2, -0.15) is 0 Å². The van der Waals surface area contributed by atoms with Crippen LogP contribution in [0.1, 0.15) is 12.0 Å². The Morgan fingerprint density at radius 2 is 1.68 bits per heavy atom. The van der Waals surface area contributed by atoms with E-state index in [-0.39, 0.29) is 11.1 Å². The predicted molar refractivity (Wildman–Crippen MR) is 63.3 cm³/mol. The Kier molecular flexibility index (Phi) is 3.74. The molecular weight excluding hydrogens is 260 g/mol. The van der Waals surface area contributed by atoms with Crippen molar-refractivity contribution in [1.29, 1.82) is 0 Å². The molecule has 0 fully saturated rings. The van der Waals surface area contributed by atoms with E-state index in [1.54, 1.807) is 0 Å². The first kappa shape index (κ1) is 13.4. The van der Waals surface area contributed by atoms with Gasteiger partial charge in [-0.25, -0.2) is 17.6 Å². The second-order valence-electron chi connectivity index (χ2n) is 3.88. The molecule has 0 spiro atoms. The van der Waals surface area contributed by atoms with Gasteiger partial charge < -0.3 is 4.74 Å². The summed E-state index contributed by atoms with van der Waals surface area (Å²) in [6.07, 6.45) is -2.90. The Morgan fingerprint density at radius 1 is 0.947 bits per heavy atom. The third kappa shape index (κ3) is 2.70. The van der Waals surface area contributed by atoms with Crippen molar-refractivity contribution in [2.45, 2.75) is 6.43 Å². The van der Waals surface area contributed by atoms with Crippen LogP contribution in [0.2, 0.25) is 0 Å². The lowest BCUT2D eigenvalue weighted by Crippen LogP contribution is -1.93. The van der Waals surface area contributed by atoms with E-state index in [1.807, 2.05) is 0 Å². The zero-order valence-electron chi connectivity index (χ0n) is 9.96. The molecule has 5 heteroatoms. The lowest BCUT2D eigenvalue weighted by Gasteiger charge is -2.08. The minimum Gasteiger partial charge on any atom is -0.497 e. The van der Waals surface area contributed by atoms with Crippen molar-refractivity contribution in [3.63, 3.8) is 0 Å². The molecule has 1 nitrogen and oxygen atoms in total. The summed E-state index contributed by atoms with van der Waals surface area (Å²) in [5, 5.41) is 0. The molecule has 0 heterocycles. The zero-order chi connectivity index (χ0) is 14.0. The number of alkyl halides is 2. The monoisotopic (exact) mass is 270 g/mol. The largest absolute Gasteiger partial charge is 0.497 e. The highest BCUT2D eigenvalue weighted by molar-refractivity contribution is 5.66. The second-order valence-corrected chi connectivity index (χ2v) is 3.88. The Labute approximate surface area is 107 Å². The molecule has 100 valence electrons. The van der Waals surface area contributed by atoms with Gasteiger partial charge >= 0.3 is 0 Å². The highest BCUT2D eigenvalue weighted by Crippen LogP contribution is 2.30. The summed E-state index contributed by atoms with van der Waals surface area (Å²) in [6, 6.07) is 7.07. The number of halogens is 4. The maximum absolute atomic E-state index is 13.7. The van der Waals surface area contributed by atoms with Gasteiger partial charge in [-0.15, -0.1) is 0 Å². The van der Waals surface area contributed by atoms with Crippen LogP contribution in [-0.4, -0.2) is 7.11 Å². The molecule has 0 aliphatic carbocycles. The van der Waals surface area contributed by atoms with Gasteiger partial charge in [0.2, 0.25) is 0 Å². The average Bonchev–Trinajstić information content (AvgIpc) is 2.38. The number of methoxy groups -OCH3 is 1. The van der Waals surface area contributed by atoms with Gasteiger partial charge in [0, 0.05) is 5.56 Å². The molecule has 19 heavy (non-hydrogen) atoms. The first-order valence-corrected chi connectivity index (χ1v) is 5.44. The third-order valence-electron chi connectivity index (χ3n) is 2.72. The average molecular weight is 270 g/mol. The van der Waals surface area contributed by atoms with Crippen molar-refractivity contribution in [1.82, 2.24) is 0 Å². The van der Waals surface area contributed by atoms with Gasteiger partial charge in [-0.05, 0) is 35.9 Å². The van der Waals surface area contributed by atoms with E-state index in [2.05, 4.69) is 0 Å². The van der Waals surface area contributed by atoms with Gasteiger partial charge in [0.15, 0.2) is 0 Å². The molecule has 0 bridgehead atoms. The number of ether oxygens (including phenoxy) is 1. The standard InChI is InChI=1S/C14H10F4O/c1-19-9-3-5-12(15)11(7-9)8-2-4-10(14(17)18)13(16)6-8/h2-7,14H,1H3. The fraction of sp³-hybridized carbons (Fsp3) is 0.143. The molecule has 2 aromatic carbocycles. The van der Waals surface area contributed by atoms with Crippen LogP contribution in [0.3, 0.4) is 0 Å². The third-order valence-corrected chi connectivity index (χ3v) is 2.72. The number of benzene rings is 2. The molecule has 0 aliphatic heterocycles. The van der Waals surface area contributed by atoms with Crippen molar-refractivity contribution >= 4 is 0 Å². The highest BCUT2D eigenvalue weighted by atomic mass is 19.3. The van der Waals surface area contributed by atoms with E-state index in [0.29, 0.717) is 5.75 Å². The van der Waals surface area contributed by atoms with Crippen LogP contribution in [0.25, 0.3) is 11.1 Å². The van der Waals surface area contributed by atoms with Crippen LogP contribution in [0.5, 0.6) is 5.75 Å². The van der Waals surface area contributed by atoms with E-state index >= 15 is 0 Å². The highest BCUT2D eigenvalue weighted by Gasteiger charge is 2.15. The van der Waals surface area contributed by atoms with E-state index in [0.717, 1.165) is 12.1 Å². The van der Waals surface area contributed by atoms with E-state index in [4.69, 9.17) is 4.74 Å². The topological polar surface area (TPSA) is 9.23 Å². The first-order valence-electron chi connectivity index (χ1n) is 5.44. The van der Waals surface area contributed by atoms with Crippen LogP contribution >= 0.6 is 0 Å². The Balaban J connectivity index is 2.50. The number of hydrogen-bond acceptors (Lipinski definition) is 1. The molecule has 0 atom stereocenters. The summed E-state index contributed by atoms with van der Waals surface area (Å²) in [7, 11) is 1.41. The SMILES string of the molecule is COc1ccc(F)c(-c2ccc(C(F)F)c(F)c2)c1. The maximum Gasteiger partial charge on any atom is 0.266 e. The number of rotatable bonds is 3. The lowest BCUT2D eigenvalue weighted by atomic mass is 10.0. The van der Waals surface area contributed by atoms with Crippen molar-refractivity contribution in [2.24, 2.45) is 0 Å². The molecule has 0 radical (unpaired) electrons. The van der Waals surface area contributed by atoms with Gasteiger partial charge in [0.05, 0.1) is 12.7 Å². The summed E-state index contributed by atoms with van der Waals surface area (Å²) >= 11 is 0. The van der Waals surface area contributed by atoms with Crippen LogP contribution in [0, 0.1) is 11.6 Å². The molecule has 0 saturated carbocycles. The molecule has 0 aliphatic rings. The summed E-state index contributed by atoms with van der Waals surface area (Å²) in [6.45, 7) is 0. The smallest absolute Gasteiger partial charge is 0.266 e. The summed E-state index contributed by atoms with van der Waals surface area (Å²) in [4.78, 5) is 0. The van der Waals surface area contributed by atoms with E-state index in [9.17, 15) is 17.6 Å². The van der Waals surface area contributed by atoms with Crippen LogP contribution < -0.4 is 4.74 Å². The van der Waals surface area contributed by atoms with E-state index < -0.39 is 23.6 Å². The van der Waals surface area contributed by atoms with Crippen molar-refractivity contribution < 1.29 is 22.3 Å². The Bertz CT molecular complexity index is 596. The molecular formula is C14H10F4O. The fourth-order valence-electron chi connectivity index (χ4n) is 1.72. The summed E-state index contributed by atoms with van der Waals surface area (Å²) in [5.74, 6) is -1.24. The first-order chi connectivity index (χ1) is 9.02.